The average Bonchev–Trinajstić information content (AvgIpc) is 3.87. The predicted octanol–water partition coefficient (Wildman–Crippen LogP) is 5.79. The van der Waals surface area contributed by atoms with E-state index in [1.165, 1.54) is 6.33 Å². The zero-order chi connectivity index (χ0) is 42.7. The van der Waals surface area contributed by atoms with Crippen LogP contribution in [0.15, 0.2) is 79.3 Å². The van der Waals surface area contributed by atoms with Crippen molar-refractivity contribution in [1.82, 2.24) is 35.0 Å². The Morgan fingerprint density at radius 2 is 1.73 bits per heavy atom. The van der Waals surface area contributed by atoms with E-state index in [0.29, 0.717) is 77.5 Å². The molecule has 9 rings (SSSR count). The molecule has 3 N–H and O–H groups in total. The van der Waals surface area contributed by atoms with Gasteiger partial charge in [-0.2, -0.15) is 0 Å². The minimum absolute atomic E-state index is 0.0478. The van der Waals surface area contributed by atoms with Gasteiger partial charge in [0.1, 0.15) is 35.3 Å². The summed E-state index contributed by atoms with van der Waals surface area (Å²) in [5.41, 5.74) is 3.84. The highest BCUT2D eigenvalue weighted by Gasteiger charge is 2.39. The molecule has 15 nitrogen and oxygen atoms in total. The van der Waals surface area contributed by atoms with E-state index >= 15 is 0 Å². The number of nitrogens with one attached hydrogen (secondary N) is 3. The van der Waals surface area contributed by atoms with Crippen LogP contribution in [-0.2, 0) is 20.9 Å². The van der Waals surface area contributed by atoms with Crippen molar-refractivity contribution in [3.63, 3.8) is 0 Å². The molecule has 4 amide bonds. The number of rotatable bonds is 13. The minimum atomic E-state index is -0.622. The predicted molar refractivity (Wildman–Crippen MR) is 234 cm³/mol. The number of nitrogens with zero attached hydrogens (tertiary/aromatic N) is 6. The molecule has 3 saturated heterocycles. The van der Waals surface area contributed by atoms with Crippen molar-refractivity contribution in [2.75, 3.05) is 56.0 Å². The summed E-state index contributed by atoms with van der Waals surface area (Å²) in [6.45, 7) is 6.05. The maximum absolute atomic E-state index is 13.9. The number of ether oxygens (including phenoxy) is 1. The Morgan fingerprint density at radius 1 is 0.887 bits per heavy atom. The second kappa shape index (κ2) is 18.0. The van der Waals surface area contributed by atoms with Gasteiger partial charge in [0.15, 0.2) is 5.78 Å². The van der Waals surface area contributed by atoms with Crippen LogP contribution in [0.25, 0.3) is 11.0 Å². The van der Waals surface area contributed by atoms with Crippen LogP contribution in [-0.4, -0.2) is 117 Å². The molecule has 6 heterocycles. The molecule has 0 bridgehead atoms. The van der Waals surface area contributed by atoms with Crippen LogP contribution in [0.3, 0.4) is 0 Å². The van der Waals surface area contributed by atoms with E-state index in [0.717, 1.165) is 69.7 Å². The molecule has 62 heavy (non-hydrogen) atoms. The third-order valence-electron chi connectivity index (χ3n) is 12.4. The van der Waals surface area contributed by atoms with E-state index in [-0.39, 0.29) is 41.0 Å². The first kappa shape index (κ1) is 41.1. The second-order valence-electron chi connectivity index (χ2n) is 16.4. The highest BCUT2D eigenvalue weighted by Crippen LogP contribution is 2.33. The molecule has 0 radical (unpaired) electrons. The summed E-state index contributed by atoms with van der Waals surface area (Å²) in [7, 11) is 0. The third-order valence-corrected chi connectivity index (χ3v) is 12.7. The molecule has 0 saturated carbocycles. The molecule has 2 unspecified atom stereocenters. The molecule has 2 atom stereocenters. The Hall–Kier alpha value is -6.32. The Kier molecular flexibility index (Phi) is 11.9. The van der Waals surface area contributed by atoms with Crippen LogP contribution >= 0.6 is 11.6 Å². The van der Waals surface area contributed by atoms with Crippen molar-refractivity contribution >= 4 is 63.6 Å². The second-order valence-corrected chi connectivity index (χ2v) is 16.8. The Labute approximate surface area is 363 Å². The van der Waals surface area contributed by atoms with Crippen LogP contribution in [0.2, 0.25) is 5.02 Å². The van der Waals surface area contributed by atoms with E-state index in [2.05, 4.69) is 41.5 Å². The normalized spacial score (nSPS) is 19.4. The Bertz CT molecular complexity index is 2520. The standard InChI is InChI=1S/C46H48ClN9O6/c47-37-24-33(62-32-8-2-1-3-9-32)12-14-35(37)42(59)36-25-48-43-41(36)44(50-28-49-43)51-30-7-6-18-55(27-30)40(58)10-4-5-17-53-19-21-54(22-20-53)31-11-13-34-29(23-31)26-56(46(34)61)38-15-16-39(57)52-45(38)60/h1-3,8-9,11-14,23-25,28,30,38H,4-7,10,15-22,26-27H2,(H,52,57,60)(H2,48,49,50,51). The lowest BCUT2D eigenvalue weighted by Crippen LogP contribution is -2.52. The number of imide groups is 1. The van der Waals surface area contributed by atoms with E-state index in [9.17, 15) is 24.0 Å². The number of anilines is 2. The van der Waals surface area contributed by atoms with Gasteiger partial charge in [-0.3, -0.25) is 34.2 Å². The van der Waals surface area contributed by atoms with E-state index < -0.39 is 11.9 Å². The van der Waals surface area contributed by atoms with Crippen molar-refractivity contribution in [2.24, 2.45) is 0 Å². The fraction of sp³-hybridized carbons (Fsp3) is 0.370. The summed E-state index contributed by atoms with van der Waals surface area (Å²) in [4.78, 5) is 84.9. The van der Waals surface area contributed by atoms with Gasteiger partial charge in [-0.25, -0.2) is 9.97 Å². The number of fused-ring (bicyclic) bond motifs is 2. The monoisotopic (exact) mass is 857 g/mol. The van der Waals surface area contributed by atoms with E-state index in [1.807, 2.05) is 47.4 Å². The lowest BCUT2D eigenvalue weighted by atomic mass is 10.0. The number of unbranched alkanes of at least 4 members (excludes halogenated alkanes) is 1. The van der Waals surface area contributed by atoms with Crippen molar-refractivity contribution in [3.8, 4) is 11.5 Å². The van der Waals surface area contributed by atoms with Gasteiger partial charge in [-0.15, -0.1) is 0 Å². The van der Waals surface area contributed by atoms with Gasteiger partial charge >= 0.3 is 0 Å². The molecule has 16 heteroatoms. The first-order valence-corrected chi connectivity index (χ1v) is 21.7. The lowest BCUT2D eigenvalue weighted by molar-refractivity contribution is -0.137. The van der Waals surface area contributed by atoms with Gasteiger partial charge in [0.05, 0.1) is 16.0 Å². The number of carbonyl (C=O) groups excluding carboxylic acids is 5. The van der Waals surface area contributed by atoms with Crippen molar-refractivity contribution in [2.45, 2.75) is 63.6 Å². The summed E-state index contributed by atoms with van der Waals surface area (Å²) in [6, 6.07) is 19.6. The number of aromatic nitrogens is 3. The molecule has 4 aliphatic heterocycles. The van der Waals surface area contributed by atoms with E-state index in [1.54, 1.807) is 29.3 Å². The highest BCUT2D eigenvalue weighted by atomic mass is 35.5. The number of piperazine rings is 1. The van der Waals surface area contributed by atoms with Gasteiger partial charge in [0, 0.05) is 93.8 Å². The number of ketones is 1. The average molecular weight is 858 g/mol. The Morgan fingerprint density at radius 3 is 2.53 bits per heavy atom. The number of hydrogen-bond donors (Lipinski definition) is 3. The third kappa shape index (κ3) is 8.72. The fourth-order valence-electron chi connectivity index (χ4n) is 9.04. The molecule has 3 aromatic carbocycles. The fourth-order valence-corrected chi connectivity index (χ4v) is 9.29. The number of piperidine rings is 2. The van der Waals surface area contributed by atoms with Crippen molar-refractivity contribution < 1.29 is 28.7 Å². The van der Waals surface area contributed by atoms with Crippen LogP contribution in [0, 0.1) is 0 Å². The number of hydrogen-bond acceptors (Lipinski definition) is 11. The van der Waals surface area contributed by atoms with Crippen molar-refractivity contribution in [1.29, 1.82) is 0 Å². The van der Waals surface area contributed by atoms with E-state index in [4.69, 9.17) is 16.3 Å². The first-order valence-electron chi connectivity index (χ1n) is 21.4. The van der Waals surface area contributed by atoms with Crippen LogP contribution in [0.4, 0.5) is 11.5 Å². The SMILES string of the molecule is O=C1CCC(N2Cc3cc(N4CCN(CCCCC(=O)N5CCCC(Nc6ncnc7[nH]cc(C(=O)c8ccc(Oc9ccccc9)cc8Cl)c67)C5)CC4)ccc3C2=O)C(=O)N1. The minimum Gasteiger partial charge on any atom is -0.457 e. The quantitative estimate of drug-likeness (QED) is 0.0744. The number of aromatic amines is 1. The van der Waals surface area contributed by atoms with Crippen LogP contribution < -0.4 is 20.3 Å². The van der Waals surface area contributed by atoms with Crippen LogP contribution in [0.5, 0.6) is 11.5 Å². The summed E-state index contributed by atoms with van der Waals surface area (Å²) in [5, 5.41) is 6.73. The zero-order valence-electron chi connectivity index (χ0n) is 34.3. The largest absolute Gasteiger partial charge is 0.457 e. The molecule has 0 spiro atoms. The molecule has 2 aromatic heterocycles. The molecular formula is C46H48ClN9O6. The molecule has 320 valence electrons. The summed E-state index contributed by atoms with van der Waals surface area (Å²) in [6.07, 6.45) is 7.60. The van der Waals surface area contributed by atoms with Gasteiger partial charge in [0.25, 0.3) is 5.91 Å². The number of para-hydroxylation sites is 1. The number of amides is 4. The zero-order valence-corrected chi connectivity index (χ0v) is 35.0. The number of halogens is 1. The van der Waals surface area contributed by atoms with Gasteiger partial charge in [-0.1, -0.05) is 29.8 Å². The number of likely N-dealkylation sites (tertiary alicyclic amines) is 1. The van der Waals surface area contributed by atoms with Gasteiger partial charge in [0.2, 0.25) is 17.7 Å². The van der Waals surface area contributed by atoms with Gasteiger partial charge in [-0.05, 0) is 86.7 Å². The maximum atomic E-state index is 13.9. The maximum Gasteiger partial charge on any atom is 0.255 e. The van der Waals surface area contributed by atoms with Gasteiger partial charge < -0.3 is 29.7 Å². The van der Waals surface area contributed by atoms with Crippen molar-refractivity contribution in [3.05, 3.63) is 107 Å². The number of benzene rings is 3. The highest BCUT2D eigenvalue weighted by molar-refractivity contribution is 6.35. The summed E-state index contributed by atoms with van der Waals surface area (Å²) in [5.74, 6) is 0.731. The Balaban J connectivity index is 0.736. The molecule has 5 aromatic rings. The molecule has 3 fully saturated rings. The summed E-state index contributed by atoms with van der Waals surface area (Å²) < 4.78 is 5.90. The molecule has 4 aliphatic rings. The summed E-state index contributed by atoms with van der Waals surface area (Å²) >= 11 is 6.63. The number of carbonyl (C=O) groups is 5. The topological polar surface area (TPSA) is 173 Å². The first-order chi connectivity index (χ1) is 30.2. The smallest absolute Gasteiger partial charge is 0.255 e. The van der Waals surface area contributed by atoms with Crippen LogP contribution in [0.1, 0.15) is 76.8 Å². The lowest BCUT2D eigenvalue weighted by Gasteiger charge is -2.36. The molecule has 0 aliphatic carbocycles. The molecular weight excluding hydrogens is 810 g/mol. The number of H-pyrrole nitrogens is 1.